The predicted octanol–water partition coefficient (Wildman–Crippen LogP) is 1.08. The molecule has 0 amide bonds. The zero-order chi connectivity index (χ0) is 12.6. The fraction of sp³-hybridized carbons (Fsp3) is 0.273. The predicted molar refractivity (Wildman–Crippen MR) is 62.4 cm³/mol. The lowest BCUT2D eigenvalue weighted by Crippen LogP contribution is -2.31. The molecule has 1 aliphatic rings. The number of halogens is 1. The molecular formula is C11H13FN4O. The van der Waals surface area contributed by atoms with E-state index in [4.69, 9.17) is 11.1 Å². The standard InChI is InChI=1S/C11H13FN4O/c1-6-5-16(11(13)14)15-10(6)8-3-2-7(12)4-9(8)17/h2-4,6,17H,5H2,1H3,(H3,13,14)/t6-/m1/s1. The molecule has 6 heteroatoms. The molecule has 0 saturated heterocycles. The molecule has 0 fully saturated rings. The van der Waals surface area contributed by atoms with Gasteiger partial charge in [-0.1, -0.05) is 6.92 Å². The molecule has 1 aromatic rings. The first kappa shape index (κ1) is 11.4. The average Bonchev–Trinajstić information content (AvgIpc) is 2.61. The van der Waals surface area contributed by atoms with Gasteiger partial charge in [-0.15, -0.1) is 0 Å². The largest absolute Gasteiger partial charge is 0.507 e. The summed E-state index contributed by atoms with van der Waals surface area (Å²) in [5.74, 6) is -0.773. The number of phenolic OH excluding ortho intramolecular Hbond substituents is 1. The summed E-state index contributed by atoms with van der Waals surface area (Å²) in [6.07, 6.45) is 0. The second-order valence-corrected chi connectivity index (χ2v) is 4.02. The number of nitrogens with one attached hydrogen (secondary N) is 1. The number of nitrogens with two attached hydrogens (primary N) is 1. The molecule has 0 spiro atoms. The number of hydrogen-bond acceptors (Lipinski definition) is 3. The van der Waals surface area contributed by atoms with Gasteiger partial charge in [0.2, 0.25) is 5.96 Å². The smallest absolute Gasteiger partial charge is 0.209 e. The number of benzene rings is 1. The Morgan fingerprint density at radius 3 is 2.88 bits per heavy atom. The quantitative estimate of drug-likeness (QED) is 0.503. The van der Waals surface area contributed by atoms with E-state index < -0.39 is 5.82 Å². The number of hydrogen-bond donors (Lipinski definition) is 3. The van der Waals surface area contributed by atoms with Gasteiger partial charge in [0.05, 0.1) is 12.3 Å². The van der Waals surface area contributed by atoms with Crippen LogP contribution in [-0.4, -0.2) is 28.3 Å². The van der Waals surface area contributed by atoms with Crippen LogP contribution in [0.4, 0.5) is 4.39 Å². The molecule has 4 N–H and O–H groups in total. The number of aromatic hydroxyl groups is 1. The third-order valence-electron chi connectivity index (χ3n) is 2.66. The van der Waals surface area contributed by atoms with Crippen molar-refractivity contribution in [1.29, 1.82) is 5.41 Å². The summed E-state index contributed by atoms with van der Waals surface area (Å²) in [7, 11) is 0. The highest BCUT2D eigenvalue weighted by atomic mass is 19.1. The van der Waals surface area contributed by atoms with Gasteiger partial charge >= 0.3 is 0 Å². The summed E-state index contributed by atoms with van der Waals surface area (Å²) in [6, 6.07) is 3.78. The average molecular weight is 236 g/mol. The van der Waals surface area contributed by atoms with E-state index in [1.807, 2.05) is 6.92 Å². The molecule has 0 aromatic heterocycles. The van der Waals surface area contributed by atoms with Crippen LogP contribution in [-0.2, 0) is 0 Å². The highest BCUT2D eigenvalue weighted by molar-refractivity contribution is 6.06. The van der Waals surface area contributed by atoms with Crippen LogP contribution in [0, 0.1) is 17.1 Å². The maximum Gasteiger partial charge on any atom is 0.209 e. The Balaban J connectivity index is 2.39. The highest BCUT2D eigenvalue weighted by Crippen LogP contribution is 2.26. The maximum atomic E-state index is 12.9. The molecule has 0 radical (unpaired) electrons. The molecule has 5 nitrogen and oxygen atoms in total. The minimum atomic E-state index is -0.499. The Morgan fingerprint density at radius 2 is 2.35 bits per heavy atom. The van der Waals surface area contributed by atoms with Gasteiger partial charge in [0.1, 0.15) is 11.6 Å². The van der Waals surface area contributed by atoms with Gasteiger partial charge in [0.25, 0.3) is 0 Å². The number of phenols is 1. The maximum absolute atomic E-state index is 12.9. The first-order valence-corrected chi connectivity index (χ1v) is 5.18. The molecule has 0 unspecified atom stereocenters. The minimum Gasteiger partial charge on any atom is -0.507 e. The topological polar surface area (TPSA) is 85.7 Å². The molecular weight excluding hydrogens is 223 g/mol. The normalized spacial score (nSPS) is 19.3. The van der Waals surface area contributed by atoms with Crippen LogP contribution in [0.25, 0.3) is 0 Å². The Labute approximate surface area is 97.9 Å². The van der Waals surface area contributed by atoms with Gasteiger partial charge in [-0.2, -0.15) is 5.10 Å². The summed E-state index contributed by atoms with van der Waals surface area (Å²) >= 11 is 0. The lowest BCUT2D eigenvalue weighted by Gasteiger charge is -2.10. The number of guanidine groups is 1. The molecule has 90 valence electrons. The summed E-state index contributed by atoms with van der Waals surface area (Å²) in [4.78, 5) is 0. The molecule has 0 aliphatic carbocycles. The molecule has 1 aromatic carbocycles. The van der Waals surface area contributed by atoms with Crippen molar-refractivity contribution < 1.29 is 9.50 Å². The third-order valence-corrected chi connectivity index (χ3v) is 2.66. The Hall–Kier alpha value is -2.11. The van der Waals surface area contributed by atoms with Crippen molar-refractivity contribution >= 4 is 11.7 Å². The van der Waals surface area contributed by atoms with Gasteiger partial charge < -0.3 is 10.8 Å². The fourth-order valence-electron chi connectivity index (χ4n) is 1.81. The van der Waals surface area contributed by atoms with Crippen LogP contribution in [0.1, 0.15) is 12.5 Å². The SMILES string of the molecule is C[C@@H]1CN(C(=N)N)N=C1c1ccc(F)cc1O. The van der Waals surface area contributed by atoms with Crippen molar-refractivity contribution in [3.05, 3.63) is 29.6 Å². The summed E-state index contributed by atoms with van der Waals surface area (Å²) in [6.45, 7) is 2.39. The molecule has 2 rings (SSSR count). The van der Waals surface area contributed by atoms with Crippen LogP contribution in [0.15, 0.2) is 23.3 Å². The molecule has 1 atom stereocenters. The van der Waals surface area contributed by atoms with E-state index in [2.05, 4.69) is 5.10 Å². The molecule has 0 bridgehead atoms. The van der Waals surface area contributed by atoms with E-state index in [0.717, 1.165) is 6.07 Å². The van der Waals surface area contributed by atoms with E-state index >= 15 is 0 Å². The van der Waals surface area contributed by atoms with Crippen molar-refractivity contribution in [2.45, 2.75) is 6.92 Å². The fourth-order valence-corrected chi connectivity index (χ4v) is 1.81. The minimum absolute atomic E-state index is 0.0234. The first-order valence-electron chi connectivity index (χ1n) is 5.18. The summed E-state index contributed by atoms with van der Waals surface area (Å²) in [5.41, 5.74) is 6.43. The van der Waals surface area contributed by atoms with Crippen LogP contribution in [0.2, 0.25) is 0 Å². The van der Waals surface area contributed by atoms with Gasteiger partial charge in [0, 0.05) is 17.5 Å². The molecule has 17 heavy (non-hydrogen) atoms. The van der Waals surface area contributed by atoms with Gasteiger partial charge in [0.15, 0.2) is 0 Å². The lowest BCUT2D eigenvalue weighted by atomic mass is 9.98. The van der Waals surface area contributed by atoms with Crippen LogP contribution in [0.5, 0.6) is 5.75 Å². The van der Waals surface area contributed by atoms with Crippen molar-refractivity contribution in [2.24, 2.45) is 16.8 Å². The number of hydrazone groups is 1. The van der Waals surface area contributed by atoms with Crippen molar-refractivity contribution in [2.75, 3.05) is 6.54 Å². The van der Waals surface area contributed by atoms with Gasteiger partial charge in [-0.3, -0.25) is 5.41 Å². The van der Waals surface area contributed by atoms with E-state index in [-0.39, 0.29) is 17.6 Å². The van der Waals surface area contributed by atoms with Crippen molar-refractivity contribution in [3.8, 4) is 5.75 Å². The van der Waals surface area contributed by atoms with Crippen LogP contribution < -0.4 is 5.73 Å². The van der Waals surface area contributed by atoms with Gasteiger partial charge in [-0.05, 0) is 12.1 Å². The van der Waals surface area contributed by atoms with Crippen molar-refractivity contribution in [3.63, 3.8) is 0 Å². The van der Waals surface area contributed by atoms with E-state index in [9.17, 15) is 9.50 Å². The number of rotatable bonds is 1. The highest BCUT2D eigenvalue weighted by Gasteiger charge is 2.27. The summed E-state index contributed by atoms with van der Waals surface area (Å²) in [5, 5.41) is 22.5. The Morgan fingerprint density at radius 1 is 1.65 bits per heavy atom. The van der Waals surface area contributed by atoms with Crippen LogP contribution >= 0.6 is 0 Å². The molecule has 1 aliphatic heterocycles. The third kappa shape index (κ3) is 2.06. The zero-order valence-electron chi connectivity index (χ0n) is 9.31. The second kappa shape index (κ2) is 4.04. The summed E-state index contributed by atoms with van der Waals surface area (Å²) < 4.78 is 12.9. The lowest BCUT2D eigenvalue weighted by molar-refractivity contribution is 0.448. The number of nitrogens with zero attached hydrogens (tertiary/aromatic N) is 2. The molecule has 1 heterocycles. The van der Waals surface area contributed by atoms with E-state index in [0.29, 0.717) is 17.8 Å². The van der Waals surface area contributed by atoms with E-state index in [1.165, 1.54) is 17.1 Å². The zero-order valence-corrected chi connectivity index (χ0v) is 9.31. The monoisotopic (exact) mass is 236 g/mol. The van der Waals surface area contributed by atoms with Gasteiger partial charge in [-0.25, -0.2) is 9.40 Å². The Bertz CT molecular complexity index is 500. The molecule has 0 saturated carbocycles. The van der Waals surface area contributed by atoms with Crippen LogP contribution in [0.3, 0.4) is 0 Å². The first-order chi connectivity index (χ1) is 7.99. The second-order valence-electron chi connectivity index (χ2n) is 4.02. The Kier molecular flexibility index (Phi) is 2.71. The van der Waals surface area contributed by atoms with Crippen molar-refractivity contribution in [1.82, 2.24) is 5.01 Å². The van der Waals surface area contributed by atoms with E-state index in [1.54, 1.807) is 0 Å².